The van der Waals surface area contributed by atoms with E-state index in [2.05, 4.69) is 5.10 Å². The first-order valence-electron chi connectivity index (χ1n) is 7.17. The van der Waals surface area contributed by atoms with Gasteiger partial charge in [-0.1, -0.05) is 30.7 Å². The largest absolute Gasteiger partial charge is 0.494 e. The van der Waals surface area contributed by atoms with Crippen molar-refractivity contribution < 1.29 is 9.84 Å². The summed E-state index contributed by atoms with van der Waals surface area (Å²) in [7, 11) is 1.85. The topological polar surface area (TPSA) is 47.3 Å². The minimum Gasteiger partial charge on any atom is -0.494 e. The molecule has 2 rings (SSSR count). The summed E-state index contributed by atoms with van der Waals surface area (Å²) in [6.45, 7) is 4.59. The molecule has 0 saturated heterocycles. The molecule has 21 heavy (non-hydrogen) atoms. The van der Waals surface area contributed by atoms with Crippen LogP contribution in [0, 0.1) is 0 Å². The molecule has 0 spiro atoms. The van der Waals surface area contributed by atoms with Crippen LogP contribution in [0.1, 0.15) is 36.9 Å². The van der Waals surface area contributed by atoms with Gasteiger partial charge in [0.05, 0.1) is 29.1 Å². The van der Waals surface area contributed by atoms with Gasteiger partial charge in [-0.15, -0.1) is 0 Å². The summed E-state index contributed by atoms with van der Waals surface area (Å²) >= 11 is 6.31. The third kappa shape index (κ3) is 3.57. The van der Waals surface area contributed by atoms with E-state index in [1.165, 1.54) is 0 Å². The fourth-order valence-corrected chi connectivity index (χ4v) is 2.67. The van der Waals surface area contributed by atoms with Crippen molar-refractivity contribution in [2.24, 2.45) is 7.05 Å². The molecule has 1 atom stereocenters. The van der Waals surface area contributed by atoms with Gasteiger partial charge in [0, 0.05) is 13.5 Å². The van der Waals surface area contributed by atoms with Crippen molar-refractivity contribution in [1.82, 2.24) is 9.78 Å². The highest BCUT2D eigenvalue weighted by atomic mass is 35.5. The van der Waals surface area contributed by atoms with Gasteiger partial charge in [0.1, 0.15) is 5.75 Å². The first-order valence-corrected chi connectivity index (χ1v) is 7.55. The zero-order valence-electron chi connectivity index (χ0n) is 12.6. The van der Waals surface area contributed by atoms with E-state index in [1.807, 2.05) is 45.2 Å². The Morgan fingerprint density at radius 1 is 1.29 bits per heavy atom. The van der Waals surface area contributed by atoms with Crippen LogP contribution in [-0.2, 0) is 19.9 Å². The molecule has 1 unspecified atom stereocenters. The van der Waals surface area contributed by atoms with E-state index in [0.717, 1.165) is 29.1 Å². The van der Waals surface area contributed by atoms with Crippen LogP contribution in [0.4, 0.5) is 0 Å². The molecule has 4 nitrogen and oxygen atoms in total. The van der Waals surface area contributed by atoms with Crippen LogP contribution in [0.15, 0.2) is 24.3 Å². The number of hydrogen-bond acceptors (Lipinski definition) is 3. The van der Waals surface area contributed by atoms with E-state index < -0.39 is 6.10 Å². The summed E-state index contributed by atoms with van der Waals surface area (Å²) in [6, 6.07) is 7.48. The summed E-state index contributed by atoms with van der Waals surface area (Å²) in [5.41, 5.74) is 2.57. The van der Waals surface area contributed by atoms with Gasteiger partial charge in [-0.05, 0) is 31.0 Å². The maximum Gasteiger partial charge on any atom is 0.119 e. The molecular weight excluding hydrogens is 288 g/mol. The molecule has 0 aliphatic rings. The van der Waals surface area contributed by atoms with Crippen LogP contribution in [-0.4, -0.2) is 21.5 Å². The molecule has 0 saturated carbocycles. The Labute approximate surface area is 130 Å². The Morgan fingerprint density at radius 3 is 2.48 bits per heavy atom. The second kappa shape index (κ2) is 6.96. The number of benzene rings is 1. The highest BCUT2D eigenvalue weighted by molar-refractivity contribution is 6.31. The van der Waals surface area contributed by atoms with Crippen molar-refractivity contribution in [2.75, 3.05) is 6.61 Å². The summed E-state index contributed by atoms with van der Waals surface area (Å²) in [4.78, 5) is 0. The van der Waals surface area contributed by atoms with E-state index >= 15 is 0 Å². The number of aryl methyl sites for hydroxylation is 2. The molecule has 5 heteroatoms. The second-order valence-corrected chi connectivity index (χ2v) is 5.28. The van der Waals surface area contributed by atoms with Gasteiger partial charge in [0.15, 0.2) is 0 Å². The molecule has 0 radical (unpaired) electrons. The fourth-order valence-electron chi connectivity index (χ4n) is 2.30. The average molecular weight is 309 g/mol. The summed E-state index contributed by atoms with van der Waals surface area (Å²) in [5, 5.41) is 15.4. The average Bonchev–Trinajstić information content (AvgIpc) is 2.75. The Hall–Kier alpha value is -1.52. The van der Waals surface area contributed by atoms with Gasteiger partial charge in [0.25, 0.3) is 0 Å². The van der Waals surface area contributed by atoms with Crippen molar-refractivity contribution in [3.05, 3.63) is 46.2 Å². The lowest BCUT2D eigenvalue weighted by Gasteiger charge is -2.12. The maximum atomic E-state index is 10.4. The molecule has 0 aliphatic carbocycles. The van der Waals surface area contributed by atoms with Crippen LogP contribution >= 0.6 is 11.6 Å². The third-order valence-electron chi connectivity index (χ3n) is 3.47. The number of aliphatic hydroxyl groups excluding tert-OH is 1. The maximum absolute atomic E-state index is 10.4. The Morgan fingerprint density at radius 2 is 1.95 bits per heavy atom. The van der Waals surface area contributed by atoms with Gasteiger partial charge in [-0.3, -0.25) is 4.68 Å². The smallest absolute Gasteiger partial charge is 0.119 e. The van der Waals surface area contributed by atoms with Crippen LogP contribution in [0.2, 0.25) is 5.02 Å². The van der Waals surface area contributed by atoms with Gasteiger partial charge in [0.2, 0.25) is 0 Å². The number of hydrogen-bond donors (Lipinski definition) is 1. The molecule has 1 N–H and O–H groups in total. The lowest BCUT2D eigenvalue weighted by molar-refractivity contribution is 0.175. The zero-order chi connectivity index (χ0) is 15.4. The van der Waals surface area contributed by atoms with Crippen LogP contribution in [0.3, 0.4) is 0 Å². The van der Waals surface area contributed by atoms with Crippen LogP contribution < -0.4 is 4.74 Å². The van der Waals surface area contributed by atoms with E-state index in [0.29, 0.717) is 18.1 Å². The Kier molecular flexibility index (Phi) is 5.26. The third-order valence-corrected chi connectivity index (χ3v) is 3.90. The fraction of sp³-hybridized carbons (Fsp3) is 0.438. The number of aromatic nitrogens is 2. The van der Waals surface area contributed by atoms with E-state index in [4.69, 9.17) is 16.3 Å². The van der Waals surface area contributed by atoms with Crippen molar-refractivity contribution in [3.8, 4) is 5.75 Å². The minimum absolute atomic E-state index is 0.441. The summed E-state index contributed by atoms with van der Waals surface area (Å²) < 4.78 is 7.15. The second-order valence-electron chi connectivity index (χ2n) is 4.91. The van der Waals surface area contributed by atoms with E-state index in [1.54, 1.807) is 4.68 Å². The lowest BCUT2D eigenvalue weighted by atomic mass is 10.0. The molecule has 1 heterocycles. The molecule has 1 aromatic carbocycles. The molecular formula is C16H21ClN2O2. The predicted octanol–water partition coefficient (Wildman–Crippen LogP) is 3.31. The van der Waals surface area contributed by atoms with Crippen LogP contribution in [0.25, 0.3) is 0 Å². The molecule has 0 aliphatic heterocycles. The molecule has 2 aromatic rings. The number of aliphatic hydroxyl groups is 1. The molecule has 0 fully saturated rings. The van der Waals surface area contributed by atoms with Crippen molar-refractivity contribution >= 4 is 11.6 Å². The van der Waals surface area contributed by atoms with Crippen molar-refractivity contribution in [2.45, 2.75) is 32.8 Å². The van der Waals surface area contributed by atoms with Gasteiger partial charge < -0.3 is 9.84 Å². The standard InChI is InChI=1S/C16H21ClN2O2/c1-4-13-16(17)14(19(3)18-13)10-15(20)11-6-8-12(9-7-11)21-5-2/h6-9,15,20H,4-5,10H2,1-3H3. The zero-order valence-corrected chi connectivity index (χ0v) is 13.4. The quantitative estimate of drug-likeness (QED) is 0.890. The Balaban J connectivity index is 2.14. The van der Waals surface area contributed by atoms with Gasteiger partial charge in [-0.2, -0.15) is 5.10 Å². The summed E-state index contributed by atoms with van der Waals surface area (Å²) in [5.74, 6) is 0.806. The van der Waals surface area contributed by atoms with Gasteiger partial charge in [-0.25, -0.2) is 0 Å². The number of halogens is 1. The van der Waals surface area contributed by atoms with Crippen molar-refractivity contribution in [1.29, 1.82) is 0 Å². The highest BCUT2D eigenvalue weighted by Gasteiger charge is 2.17. The monoisotopic (exact) mass is 308 g/mol. The predicted molar refractivity (Wildman–Crippen MR) is 83.9 cm³/mol. The Bertz CT molecular complexity index is 593. The van der Waals surface area contributed by atoms with Gasteiger partial charge >= 0.3 is 0 Å². The highest BCUT2D eigenvalue weighted by Crippen LogP contribution is 2.27. The molecule has 0 bridgehead atoms. The number of ether oxygens (including phenoxy) is 1. The first kappa shape index (κ1) is 15.9. The molecule has 114 valence electrons. The first-order chi connectivity index (χ1) is 10.1. The van der Waals surface area contributed by atoms with Crippen LogP contribution in [0.5, 0.6) is 5.75 Å². The summed E-state index contributed by atoms with van der Waals surface area (Å²) in [6.07, 6.45) is 0.612. The molecule has 0 amide bonds. The van der Waals surface area contributed by atoms with E-state index in [-0.39, 0.29) is 0 Å². The SMILES string of the molecule is CCOc1ccc(C(O)Cc2c(Cl)c(CC)nn2C)cc1. The number of rotatable bonds is 6. The lowest BCUT2D eigenvalue weighted by Crippen LogP contribution is -2.07. The molecule has 1 aromatic heterocycles. The van der Waals surface area contributed by atoms with E-state index in [9.17, 15) is 5.11 Å². The minimum atomic E-state index is -0.613. The normalized spacial score (nSPS) is 12.4. The van der Waals surface area contributed by atoms with Crippen molar-refractivity contribution in [3.63, 3.8) is 0 Å². The number of nitrogens with zero attached hydrogens (tertiary/aromatic N) is 2.